The normalized spacial score (nSPS) is 10.6. The number of hydrogen-bond donors (Lipinski definition) is 0. The highest BCUT2D eigenvalue weighted by atomic mass is 35.5. The van der Waals surface area contributed by atoms with Crippen molar-refractivity contribution in [3.63, 3.8) is 0 Å². The average molecular weight is 259 g/mol. The SMILES string of the molecule is COC(=O)c1nnc2c(F)c(F)ccc2c1Cl. The standard InChI is InChI=1S/C10H5ClF2N2O2/c1-17-10(16)9-6(11)4-2-3-5(12)7(13)8(4)14-15-9/h2-3H,1H3. The van der Waals surface area contributed by atoms with Gasteiger partial charge >= 0.3 is 5.97 Å². The largest absolute Gasteiger partial charge is 0.464 e. The minimum atomic E-state index is -1.16. The Morgan fingerprint density at radius 2 is 2.06 bits per heavy atom. The van der Waals surface area contributed by atoms with Crippen LogP contribution in [0.4, 0.5) is 8.78 Å². The molecule has 2 rings (SSSR count). The van der Waals surface area contributed by atoms with E-state index in [2.05, 4.69) is 14.9 Å². The maximum atomic E-state index is 13.3. The maximum absolute atomic E-state index is 13.3. The lowest BCUT2D eigenvalue weighted by Gasteiger charge is -2.04. The zero-order chi connectivity index (χ0) is 12.6. The van der Waals surface area contributed by atoms with Crippen molar-refractivity contribution in [3.05, 3.63) is 34.5 Å². The van der Waals surface area contributed by atoms with E-state index in [1.807, 2.05) is 0 Å². The summed E-state index contributed by atoms with van der Waals surface area (Å²) in [7, 11) is 1.15. The molecule has 17 heavy (non-hydrogen) atoms. The first-order chi connectivity index (χ1) is 8.06. The molecule has 88 valence electrons. The number of benzene rings is 1. The molecule has 0 spiro atoms. The van der Waals surface area contributed by atoms with Crippen LogP contribution in [0, 0.1) is 11.6 Å². The molecule has 0 aliphatic rings. The molecule has 0 unspecified atom stereocenters. The quantitative estimate of drug-likeness (QED) is 0.737. The molecular formula is C10H5ClF2N2O2. The molecule has 0 atom stereocenters. The Kier molecular flexibility index (Phi) is 2.89. The molecule has 1 aromatic heterocycles. The number of carbonyl (C=O) groups is 1. The van der Waals surface area contributed by atoms with Crippen LogP contribution in [0.15, 0.2) is 12.1 Å². The number of ether oxygens (including phenoxy) is 1. The summed E-state index contributed by atoms with van der Waals surface area (Å²) in [5.41, 5.74) is -0.574. The van der Waals surface area contributed by atoms with Crippen LogP contribution in [0.25, 0.3) is 10.9 Å². The second-order valence-corrected chi connectivity index (χ2v) is 3.49. The molecule has 7 heteroatoms. The summed E-state index contributed by atoms with van der Waals surface area (Å²) in [5.74, 6) is -3.02. The van der Waals surface area contributed by atoms with Gasteiger partial charge in [-0.15, -0.1) is 10.2 Å². The molecule has 2 aromatic rings. The van der Waals surface area contributed by atoms with Gasteiger partial charge in [-0.25, -0.2) is 13.6 Å². The Morgan fingerprint density at radius 1 is 1.35 bits per heavy atom. The van der Waals surface area contributed by atoms with Crippen molar-refractivity contribution in [3.8, 4) is 0 Å². The molecule has 0 saturated carbocycles. The van der Waals surface area contributed by atoms with E-state index in [1.165, 1.54) is 6.07 Å². The molecule has 0 bridgehead atoms. The fraction of sp³-hybridized carbons (Fsp3) is 0.100. The second kappa shape index (κ2) is 4.21. The summed E-state index contributed by atoms with van der Waals surface area (Å²) in [6, 6.07) is 2.11. The van der Waals surface area contributed by atoms with E-state index in [-0.39, 0.29) is 21.6 Å². The molecule has 0 radical (unpaired) electrons. The number of halogens is 3. The fourth-order valence-corrected chi connectivity index (χ4v) is 1.58. The van der Waals surface area contributed by atoms with E-state index < -0.39 is 17.6 Å². The summed E-state index contributed by atoms with van der Waals surface area (Å²) in [6.07, 6.45) is 0. The van der Waals surface area contributed by atoms with Gasteiger partial charge in [0.2, 0.25) is 0 Å². The van der Waals surface area contributed by atoms with Crippen molar-refractivity contribution in [2.24, 2.45) is 0 Å². The van der Waals surface area contributed by atoms with Gasteiger partial charge in [0, 0.05) is 5.39 Å². The zero-order valence-corrected chi connectivity index (χ0v) is 9.26. The molecule has 0 amide bonds. The summed E-state index contributed by atoms with van der Waals surface area (Å²) >= 11 is 5.85. The summed E-state index contributed by atoms with van der Waals surface area (Å²) in [4.78, 5) is 11.3. The van der Waals surface area contributed by atoms with Crippen LogP contribution in [0.2, 0.25) is 5.02 Å². The molecule has 0 aliphatic carbocycles. The van der Waals surface area contributed by atoms with Crippen LogP contribution in [-0.4, -0.2) is 23.3 Å². The van der Waals surface area contributed by atoms with Gasteiger partial charge in [-0.2, -0.15) is 0 Å². The Morgan fingerprint density at radius 3 is 2.71 bits per heavy atom. The lowest BCUT2D eigenvalue weighted by Crippen LogP contribution is -2.07. The smallest absolute Gasteiger partial charge is 0.360 e. The number of fused-ring (bicyclic) bond motifs is 1. The molecule has 0 fully saturated rings. The molecule has 1 aromatic carbocycles. The van der Waals surface area contributed by atoms with Crippen LogP contribution in [-0.2, 0) is 4.74 Å². The zero-order valence-electron chi connectivity index (χ0n) is 8.50. The minimum absolute atomic E-state index is 0.0981. The number of rotatable bonds is 1. The van der Waals surface area contributed by atoms with Crippen molar-refractivity contribution >= 4 is 28.5 Å². The van der Waals surface area contributed by atoms with Crippen molar-refractivity contribution in [1.29, 1.82) is 0 Å². The van der Waals surface area contributed by atoms with Gasteiger partial charge in [0.25, 0.3) is 0 Å². The van der Waals surface area contributed by atoms with Crippen molar-refractivity contribution in [2.45, 2.75) is 0 Å². The fourth-order valence-electron chi connectivity index (χ4n) is 1.31. The first-order valence-corrected chi connectivity index (χ1v) is 4.82. The Hall–Kier alpha value is -1.82. The molecule has 4 nitrogen and oxygen atoms in total. The van der Waals surface area contributed by atoms with Crippen LogP contribution < -0.4 is 0 Å². The van der Waals surface area contributed by atoms with Gasteiger partial charge in [0.05, 0.1) is 12.1 Å². The summed E-state index contributed by atoms with van der Waals surface area (Å²) in [6.45, 7) is 0. The minimum Gasteiger partial charge on any atom is -0.464 e. The van der Waals surface area contributed by atoms with Gasteiger partial charge in [-0.05, 0) is 12.1 Å². The van der Waals surface area contributed by atoms with Crippen LogP contribution in [0.1, 0.15) is 10.5 Å². The van der Waals surface area contributed by atoms with E-state index in [4.69, 9.17) is 11.6 Å². The molecule has 0 saturated heterocycles. The number of nitrogens with zero attached hydrogens (tertiary/aromatic N) is 2. The van der Waals surface area contributed by atoms with E-state index in [0.717, 1.165) is 13.2 Å². The summed E-state index contributed by atoms with van der Waals surface area (Å²) < 4.78 is 30.7. The van der Waals surface area contributed by atoms with Crippen molar-refractivity contribution in [2.75, 3.05) is 7.11 Å². The van der Waals surface area contributed by atoms with Gasteiger partial charge < -0.3 is 4.74 Å². The summed E-state index contributed by atoms with van der Waals surface area (Å²) in [5, 5.41) is 6.81. The van der Waals surface area contributed by atoms with Crippen LogP contribution >= 0.6 is 11.6 Å². The van der Waals surface area contributed by atoms with Crippen molar-refractivity contribution in [1.82, 2.24) is 10.2 Å². The third-order valence-electron chi connectivity index (χ3n) is 2.14. The molecule has 0 aliphatic heterocycles. The van der Waals surface area contributed by atoms with Crippen LogP contribution in [0.3, 0.4) is 0 Å². The lowest BCUT2D eigenvalue weighted by atomic mass is 10.2. The maximum Gasteiger partial charge on any atom is 0.360 e. The molecule has 1 heterocycles. The number of carbonyl (C=O) groups excluding carboxylic acids is 1. The van der Waals surface area contributed by atoms with E-state index in [1.54, 1.807) is 0 Å². The van der Waals surface area contributed by atoms with Crippen molar-refractivity contribution < 1.29 is 18.3 Å². The van der Waals surface area contributed by atoms with Crippen LogP contribution in [0.5, 0.6) is 0 Å². The predicted octanol–water partition coefficient (Wildman–Crippen LogP) is 2.35. The highest BCUT2D eigenvalue weighted by molar-refractivity contribution is 6.37. The first kappa shape index (κ1) is 11.7. The highest BCUT2D eigenvalue weighted by Gasteiger charge is 2.19. The molecule has 0 N–H and O–H groups in total. The Labute approximate surface area is 99.2 Å². The molecular weight excluding hydrogens is 254 g/mol. The second-order valence-electron chi connectivity index (χ2n) is 3.11. The number of methoxy groups -OCH3 is 1. The first-order valence-electron chi connectivity index (χ1n) is 4.44. The van der Waals surface area contributed by atoms with E-state index >= 15 is 0 Å². The lowest BCUT2D eigenvalue weighted by molar-refractivity contribution is 0.0593. The third kappa shape index (κ3) is 1.80. The Bertz CT molecular complexity index is 619. The number of esters is 1. The topological polar surface area (TPSA) is 52.1 Å². The third-order valence-corrected chi connectivity index (χ3v) is 2.52. The van der Waals surface area contributed by atoms with Gasteiger partial charge in [-0.3, -0.25) is 0 Å². The monoisotopic (exact) mass is 258 g/mol. The van der Waals surface area contributed by atoms with Gasteiger partial charge in [-0.1, -0.05) is 11.6 Å². The highest BCUT2D eigenvalue weighted by Crippen LogP contribution is 2.27. The van der Waals surface area contributed by atoms with E-state index in [9.17, 15) is 13.6 Å². The predicted molar refractivity (Wildman–Crippen MR) is 55.8 cm³/mol. The van der Waals surface area contributed by atoms with Gasteiger partial charge in [0.1, 0.15) is 5.52 Å². The average Bonchev–Trinajstić information content (AvgIpc) is 2.33. The van der Waals surface area contributed by atoms with E-state index in [0.29, 0.717) is 0 Å². The Balaban J connectivity index is 2.77. The number of hydrogen-bond acceptors (Lipinski definition) is 4. The van der Waals surface area contributed by atoms with Gasteiger partial charge in [0.15, 0.2) is 17.3 Å². The number of aromatic nitrogens is 2.